The molecule has 0 spiro atoms. The number of ether oxygens (including phenoxy) is 1. The number of carbonyl (C=O) groups is 2. The number of carbonyl (C=O) groups excluding carboxylic acids is 1. The van der Waals surface area contributed by atoms with Crippen molar-refractivity contribution in [3.63, 3.8) is 0 Å². The van der Waals surface area contributed by atoms with Crippen LogP contribution in [-0.4, -0.2) is 38.6 Å². The Morgan fingerprint density at radius 1 is 1.15 bits per heavy atom. The van der Waals surface area contributed by atoms with Crippen LogP contribution in [0.4, 0.5) is 0 Å². The van der Waals surface area contributed by atoms with Crippen molar-refractivity contribution in [1.29, 1.82) is 0 Å². The Bertz CT molecular complexity index is 1100. The van der Waals surface area contributed by atoms with Crippen LogP contribution in [0.5, 0.6) is 0 Å². The molecule has 9 heteroatoms. The zero-order valence-electron chi connectivity index (χ0n) is 13.6. The third-order valence-electron chi connectivity index (χ3n) is 3.85. The standard InChI is InChI=1S/C17H15NO7S/c1-24-16(19)9-13(17(20)21)18-26(22,23)10-6-7-15-12(8-10)11-4-2-3-5-14(11)25-15/h2-8,13,18H,9H2,1H3,(H,20,21). The van der Waals surface area contributed by atoms with Crippen molar-refractivity contribution in [2.24, 2.45) is 0 Å². The van der Waals surface area contributed by atoms with Gasteiger partial charge in [-0.2, -0.15) is 4.72 Å². The van der Waals surface area contributed by atoms with Gasteiger partial charge in [0.2, 0.25) is 10.0 Å². The summed E-state index contributed by atoms with van der Waals surface area (Å²) in [5, 5.41) is 10.5. The second kappa shape index (κ2) is 6.77. The predicted molar refractivity (Wildman–Crippen MR) is 92.1 cm³/mol. The van der Waals surface area contributed by atoms with Gasteiger partial charge in [0.1, 0.15) is 17.2 Å². The number of hydrogen-bond acceptors (Lipinski definition) is 6. The molecule has 1 unspecified atom stereocenters. The molecule has 0 amide bonds. The minimum atomic E-state index is -4.18. The number of benzene rings is 2. The van der Waals surface area contributed by atoms with Crippen LogP contribution >= 0.6 is 0 Å². The first-order valence-corrected chi connectivity index (χ1v) is 9.03. The average Bonchev–Trinajstić information content (AvgIpc) is 2.98. The van der Waals surface area contributed by atoms with Gasteiger partial charge in [-0.3, -0.25) is 9.59 Å². The maximum absolute atomic E-state index is 12.6. The Hall–Kier alpha value is -2.91. The van der Waals surface area contributed by atoms with E-state index < -0.39 is 34.4 Å². The molecule has 136 valence electrons. The first-order chi connectivity index (χ1) is 12.3. The summed E-state index contributed by atoms with van der Waals surface area (Å²) in [6.45, 7) is 0. The monoisotopic (exact) mass is 377 g/mol. The van der Waals surface area contributed by atoms with E-state index >= 15 is 0 Å². The molecular weight excluding hydrogens is 362 g/mol. The Morgan fingerprint density at radius 3 is 2.54 bits per heavy atom. The lowest BCUT2D eigenvalue weighted by Gasteiger charge is -2.13. The normalized spacial score (nSPS) is 13.0. The third kappa shape index (κ3) is 3.39. The smallest absolute Gasteiger partial charge is 0.322 e. The van der Waals surface area contributed by atoms with E-state index in [1.807, 2.05) is 4.72 Å². The van der Waals surface area contributed by atoms with Crippen molar-refractivity contribution in [1.82, 2.24) is 4.72 Å². The Balaban J connectivity index is 1.99. The Labute approximate surface area is 148 Å². The van der Waals surface area contributed by atoms with E-state index in [1.165, 1.54) is 18.2 Å². The number of methoxy groups -OCH3 is 1. The molecule has 26 heavy (non-hydrogen) atoms. The summed E-state index contributed by atoms with van der Waals surface area (Å²) in [4.78, 5) is 22.4. The molecular formula is C17H15NO7S. The topological polar surface area (TPSA) is 123 Å². The molecule has 2 aromatic carbocycles. The second-order valence-electron chi connectivity index (χ2n) is 5.55. The number of furan rings is 1. The number of carboxylic acids is 1. The van der Waals surface area contributed by atoms with E-state index in [0.717, 1.165) is 12.5 Å². The molecule has 0 aliphatic heterocycles. The molecule has 0 saturated carbocycles. The number of carboxylic acid groups (broad SMARTS) is 1. The van der Waals surface area contributed by atoms with Crippen LogP contribution in [0.25, 0.3) is 21.9 Å². The number of fused-ring (bicyclic) bond motifs is 3. The molecule has 0 aliphatic rings. The molecule has 0 bridgehead atoms. The van der Waals surface area contributed by atoms with Crippen molar-refractivity contribution in [3.05, 3.63) is 42.5 Å². The maximum Gasteiger partial charge on any atom is 0.322 e. The summed E-state index contributed by atoms with van der Waals surface area (Å²) in [7, 11) is -3.09. The number of nitrogens with one attached hydrogen (secondary N) is 1. The number of aliphatic carboxylic acids is 1. The van der Waals surface area contributed by atoms with Gasteiger partial charge in [0.25, 0.3) is 0 Å². The van der Waals surface area contributed by atoms with Crippen LogP contribution in [-0.2, 0) is 24.3 Å². The van der Waals surface area contributed by atoms with Gasteiger partial charge in [-0.05, 0) is 24.3 Å². The molecule has 1 atom stereocenters. The highest BCUT2D eigenvalue weighted by molar-refractivity contribution is 7.89. The van der Waals surface area contributed by atoms with Crippen molar-refractivity contribution >= 4 is 43.9 Å². The van der Waals surface area contributed by atoms with Gasteiger partial charge in [0.15, 0.2) is 0 Å². The summed E-state index contributed by atoms with van der Waals surface area (Å²) >= 11 is 0. The van der Waals surface area contributed by atoms with Gasteiger partial charge in [-0.25, -0.2) is 8.42 Å². The van der Waals surface area contributed by atoms with Gasteiger partial charge >= 0.3 is 11.9 Å². The highest BCUT2D eigenvalue weighted by Gasteiger charge is 2.28. The van der Waals surface area contributed by atoms with Crippen molar-refractivity contribution < 1.29 is 32.3 Å². The fraction of sp³-hybridized carbons (Fsp3) is 0.176. The van der Waals surface area contributed by atoms with E-state index in [9.17, 15) is 18.0 Å². The van der Waals surface area contributed by atoms with E-state index in [4.69, 9.17) is 9.52 Å². The lowest BCUT2D eigenvalue weighted by molar-refractivity contribution is -0.147. The number of hydrogen-bond donors (Lipinski definition) is 2. The number of para-hydroxylation sites is 1. The highest BCUT2D eigenvalue weighted by atomic mass is 32.2. The van der Waals surface area contributed by atoms with Crippen LogP contribution in [0, 0.1) is 0 Å². The lowest BCUT2D eigenvalue weighted by atomic mass is 10.1. The number of esters is 1. The van der Waals surface area contributed by atoms with Gasteiger partial charge < -0.3 is 14.3 Å². The minimum absolute atomic E-state index is 0.132. The van der Waals surface area contributed by atoms with Gasteiger partial charge in [-0.1, -0.05) is 18.2 Å². The molecule has 8 nitrogen and oxygen atoms in total. The zero-order chi connectivity index (χ0) is 18.9. The van der Waals surface area contributed by atoms with E-state index in [-0.39, 0.29) is 4.90 Å². The summed E-state index contributed by atoms with van der Waals surface area (Å²) in [5.41, 5.74) is 1.12. The fourth-order valence-corrected chi connectivity index (χ4v) is 3.77. The van der Waals surface area contributed by atoms with Crippen molar-refractivity contribution in [3.8, 4) is 0 Å². The molecule has 0 saturated heterocycles. The molecule has 0 fully saturated rings. The fourth-order valence-electron chi connectivity index (χ4n) is 2.56. The zero-order valence-corrected chi connectivity index (χ0v) is 14.4. The Kier molecular flexibility index (Phi) is 4.66. The molecule has 3 rings (SSSR count). The molecule has 1 heterocycles. The van der Waals surface area contributed by atoms with Crippen LogP contribution < -0.4 is 4.72 Å². The second-order valence-corrected chi connectivity index (χ2v) is 7.26. The van der Waals surface area contributed by atoms with Crippen LogP contribution in [0.2, 0.25) is 0 Å². The summed E-state index contributed by atoms with van der Waals surface area (Å²) in [6.07, 6.45) is -0.623. The average molecular weight is 377 g/mol. The van der Waals surface area contributed by atoms with Crippen LogP contribution in [0.3, 0.4) is 0 Å². The molecule has 3 aromatic rings. The van der Waals surface area contributed by atoms with Crippen molar-refractivity contribution in [2.45, 2.75) is 17.4 Å². The van der Waals surface area contributed by atoms with Crippen LogP contribution in [0.1, 0.15) is 6.42 Å². The van der Waals surface area contributed by atoms with Crippen molar-refractivity contribution in [2.75, 3.05) is 7.11 Å². The lowest BCUT2D eigenvalue weighted by Crippen LogP contribution is -2.42. The van der Waals surface area contributed by atoms with Gasteiger partial charge in [0, 0.05) is 10.8 Å². The maximum atomic E-state index is 12.6. The van der Waals surface area contributed by atoms with Crippen LogP contribution in [0.15, 0.2) is 51.8 Å². The van der Waals surface area contributed by atoms with Gasteiger partial charge in [0.05, 0.1) is 18.4 Å². The largest absolute Gasteiger partial charge is 0.480 e. The summed E-state index contributed by atoms with van der Waals surface area (Å²) in [6, 6.07) is 9.73. The molecule has 1 aromatic heterocycles. The van der Waals surface area contributed by atoms with E-state index in [2.05, 4.69) is 4.74 Å². The molecule has 2 N–H and O–H groups in total. The minimum Gasteiger partial charge on any atom is -0.480 e. The predicted octanol–water partition coefficient (Wildman–Crippen LogP) is 1.88. The quantitative estimate of drug-likeness (QED) is 0.629. The molecule has 0 radical (unpaired) electrons. The first-order valence-electron chi connectivity index (χ1n) is 7.55. The summed E-state index contributed by atoms with van der Waals surface area (Å²) in [5.74, 6) is -2.31. The SMILES string of the molecule is COC(=O)CC(NS(=O)(=O)c1ccc2oc3ccccc3c2c1)C(=O)O. The number of sulfonamides is 1. The summed E-state index contributed by atoms with van der Waals surface area (Å²) < 4.78 is 37.2. The van der Waals surface area contributed by atoms with E-state index in [1.54, 1.807) is 24.3 Å². The highest BCUT2D eigenvalue weighted by Crippen LogP contribution is 2.30. The number of rotatable bonds is 6. The third-order valence-corrected chi connectivity index (χ3v) is 5.32. The van der Waals surface area contributed by atoms with E-state index in [0.29, 0.717) is 16.6 Å². The van der Waals surface area contributed by atoms with Gasteiger partial charge in [-0.15, -0.1) is 0 Å². The first kappa shape index (κ1) is 17.9. The Morgan fingerprint density at radius 2 is 1.85 bits per heavy atom. The molecule has 0 aliphatic carbocycles.